The molecule has 2 aliphatic carbocycles. The predicted octanol–water partition coefficient (Wildman–Crippen LogP) is 12.7. The number of benzene rings is 7. The summed E-state index contributed by atoms with van der Waals surface area (Å²) in [7, 11) is 0. The lowest BCUT2D eigenvalue weighted by Crippen LogP contribution is -2.02. The Morgan fingerprint density at radius 2 is 0.712 bits per heavy atom. The molecular weight excluding hydrogens is 721 g/mol. The van der Waals surface area contributed by atoms with Crippen LogP contribution in [0.5, 0.6) is 0 Å². The topological polar surface area (TPSA) is 77.3 Å². The monoisotopic (exact) mass is 758 g/mol. The van der Waals surface area contributed by atoms with Gasteiger partial charge in [0.25, 0.3) is 0 Å². The van der Waals surface area contributed by atoms with E-state index in [4.69, 9.17) is 29.9 Å². The zero-order valence-corrected chi connectivity index (χ0v) is 32.3. The maximum Gasteiger partial charge on any atom is 0.164 e. The van der Waals surface area contributed by atoms with Crippen LogP contribution in [0.3, 0.4) is 0 Å². The Morgan fingerprint density at radius 1 is 0.305 bits per heavy atom. The van der Waals surface area contributed by atoms with E-state index >= 15 is 0 Å². The van der Waals surface area contributed by atoms with Gasteiger partial charge < -0.3 is 0 Å². The quantitative estimate of drug-likeness (QED) is 0.154. The SMILES string of the molecule is C1=C(c2ccc(-c3nc(-c4ccccc4)nc(-c4cccc5c(-c6nc(-c7ccccc7)nc(-c7ccccc7-c7ccccc7)n6)cccc45)n3)cc2)C2CCC1C2. The van der Waals surface area contributed by atoms with Crippen LogP contribution in [0.2, 0.25) is 0 Å². The lowest BCUT2D eigenvalue weighted by Gasteiger charge is -2.15. The Labute approximate surface area is 343 Å². The van der Waals surface area contributed by atoms with Crippen molar-refractivity contribution in [3.63, 3.8) is 0 Å². The van der Waals surface area contributed by atoms with E-state index in [2.05, 4.69) is 109 Å². The normalized spacial score (nSPS) is 15.7. The van der Waals surface area contributed by atoms with Crippen molar-refractivity contribution in [2.45, 2.75) is 19.3 Å². The van der Waals surface area contributed by atoms with Crippen LogP contribution in [-0.2, 0) is 0 Å². The van der Waals surface area contributed by atoms with E-state index in [1.165, 1.54) is 30.4 Å². The minimum absolute atomic E-state index is 0.589. The number of hydrogen-bond donors (Lipinski definition) is 0. The van der Waals surface area contributed by atoms with Crippen molar-refractivity contribution >= 4 is 16.3 Å². The van der Waals surface area contributed by atoms with Crippen LogP contribution in [0.15, 0.2) is 182 Å². The van der Waals surface area contributed by atoms with E-state index in [-0.39, 0.29) is 0 Å². The molecule has 0 amide bonds. The van der Waals surface area contributed by atoms with Gasteiger partial charge in [-0.1, -0.05) is 182 Å². The Balaban J connectivity index is 1.06. The fraction of sp³-hybridized carbons (Fsp3) is 0.0943. The van der Waals surface area contributed by atoms with Crippen LogP contribution < -0.4 is 0 Å². The summed E-state index contributed by atoms with van der Waals surface area (Å²) >= 11 is 0. The molecule has 0 N–H and O–H groups in total. The van der Waals surface area contributed by atoms with Gasteiger partial charge in [-0.3, -0.25) is 0 Å². The smallest absolute Gasteiger partial charge is 0.164 e. The van der Waals surface area contributed by atoms with Gasteiger partial charge in [0.15, 0.2) is 34.9 Å². The molecule has 1 fully saturated rings. The summed E-state index contributed by atoms with van der Waals surface area (Å²) in [5, 5.41) is 1.98. The molecule has 2 unspecified atom stereocenters. The second-order valence-electron chi connectivity index (χ2n) is 15.4. The first kappa shape index (κ1) is 34.8. The van der Waals surface area contributed by atoms with Gasteiger partial charge >= 0.3 is 0 Å². The fourth-order valence-electron chi connectivity index (χ4n) is 8.91. The molecule has 0 aliphatic heterocycles. The van der Waals surface area contributed by atoms with Gasteiger partial charge in [-0.15, -0.1) is 0 Å². The standard InChI is InChI=1S/C53H38N6/c1-4-14-35(15-5-1)41-20-10-11-21-44(41)51-56-49(38-18-8-3-9-19-38)57-53(59-51)46-25-13-22-42-43(46)23-12-24-45(42)52-55-48(37-16-6-2-7-17-37)54-50(58-52)39-30-28-36(29-31-39)47-33-34-26-27-40(47)32-34/h1-25,28-31,33-34,40H,26-27,32H2. The Bertz CT molecular complexity index is 3020. The Hall–Kier alpha value is -7.44. The molecule has 2 heterocycles. The maximum atomic E-state index is 5.23. The average molecular weight is 759 g/mol. The second-order valence-corrected chi connectivity index (χ2v) is 15.4. The molecule has 9 aromatic rings. The van der Waals surface area contributed by atoms with Crippen LogP contribution in [0.25, 0.3) is 95.8 Å². The van der Waals surface area contributed by atoms with E-state index in [1.54, 1.807) is 0 Å². The third-order valence-electron chi connectivity index (χ3n) is 11.8. The molecular formula is C53H38N6. The number of fused-ring (bicyclic) bond motifs is 3. The molecule has 11 rings (SSSR count). The molecule has 1 saturated carbocycles. The fourth-order valence-corrected chi connectivity index (χ4v) is 8.91. The molecule has 6 nitrogen and oxygen atoms in total. The number of nitrogens with zero attached hydrogens (tertiary/aromatic N) is 6. The highest BCUT2D eigenvalue weighted by Crippen LogP contribution is 2.48. The van der Waals surface area contributed by atoms with Crippen molar-refractivity contribution in [1.29, 1.82) is 0 Å². The van der Waals surface area contributed by atoms with Gasteiger partial charge in [-0.2, -0.15) is 0 Å². The van der Waals surface area contributed by atoms with Crippen molar-refractivity contribution in [2.24, 2.45) is 11.8 Å². The molecule has 59 heavy (non-hydrogen) atoms. The molecule has 2 aliphatic rings. The van der Waals surface area contributed by atoms with Gasteiger partial charge in [0, 0.05) is 33.4 Å². The lowest BCUT2D eigenvalue weighted by molar-refractivity contribution is 0.695. The summed E-state index contributed by atoms with van der Waals surface area (Å²) in [6.45, 7) is 0. The van der Waals surface area contributed by atoms with Gasteiger partial charge in [-0.25, -0.2) is 29.9 Å². The van der Waals surface area contributed by atoms with Crippen LogP contribution in [0, 0.1) is 11.8 Å². The minimum Gasteiger partial charge on any atom is -0.208 e. The minimum atomic E-state index is 0.589. The van der Waals surface area contributed by atoms with Gasteiger partial charge in [0.1, 0.15) is 0 Å². The summed E-state index contributed by atoms with van der Waals surface area (Å²) in [5.41, 5.74) is 10.5. The first-order valence-corrected chi connectivity index (χ1v) is 20.3. The van der Waals surface area contributed by atoms with Crippen molar-refractivity contribution in [3.05, 3.63) is 188 Å². The second kappa shape index (κ2) is 14.8. The summed E-state index contributed by atoms with van der Waals surface area (Å²) in [6.07, 6.45) is 6.42. The lowest BCUT2D eigenvalue weighted by atomic mass is 9.92. The molecule has 0 saturated heterocycles. The third-order valence-corrected chi connectivity index (χ3v) is 11.8. The first-order valence-electron chi connectivity index (χ1n) is 20.3. The molecule has 2 bridgehead atoms. The van der Waals surface area contributed by atoms with Crippen LogP contribution in [-0.4, -0.2) is 29.9 Å². The van der Waals surface area contributed by atoms with E-state index in [9.17, 15) is 0 Å². The molecule has 0 spiro atoms. The molecule has 2 atom stereocenters. The number of allylic oxidation sites excluding steroid dienone is 2. The highest BCUT2D eigenvalue weighted by atomic mass is 15.0. The van der Waals surface area contributed by atoms with Crippen LogP contribution in [0.1, 0.15) is 24.8 Å². The zero-order chi connectivity index (χ0) is 39.1. The Kier molecular flexibility index (Phi) is 8.73. The maximum absolute atomic E-state index is 5.23. The molecule has 280 valence electrons. The summed E-state index contributed by atoms with van der Waals surface area (Å²) in [4.78, 5) is 30.8. The Morgan fingerprint density at radius 3 is 1.22 bits per heavy atom. The molecule has 7 aromatic carbocycles. The number of aromatic nitrogens is 6. The zero-order valence-electron chi connectivity index (χ0n) is 32.3. The first-order chi connectivity index (χ1) is 29.2. The van der Waals surface area contributed by atoms with Crippen molar-refractivity contribution in [3.8, 4) is 79.5 Å². The van der Waals surface area contributed by atoms with Gasteiger partial charge in [0.2, 0.25) is 0 Å². The average Bonchev–Trinajstić information content (AvgIpc) is 3.97. The molecule has 6 heteroatoms. The van der Waals surface area contributed by atoms with E-state index in [1.807, 2.05) is 72.8 Å². The summed E-state index contributed by atoms with van der Waals surface area (Å²) < 4.78 is 0. The molecule has 2 aromatic heterocycles. The van der Waals surface area contributed by atoms with Crippen molar-refractivity contribution < 1.29 is 0 Å². The molecule has 0 radical (unpaired) electrons. The summed E-state index contributed by atoms with van der Waals surface area (Å²) in [5.74, 6) is 5.12. The van der Waals surface area contributed by atoms with Crippen molar-refractivity contribution in [1.82, 2.24) is 29.9 Å². The van der Waals surface area contributed by atoms with E-state index < -0.39 is 0 Å². The van der Waals surface area contributed by atoms with Gasteiger partial charge in [0.05, 0.1) is 0 Å². The van der Waals surface area contributed by atoms with Crippen molar-refractivity contribution in [2.75, 3.05) is 0 Å². The number of hydrogen-bond acceptors (Lipinski definition) is 6. The van der Waals surface area contributed by atoms with E-state index in [0.717, 1.165) is 61.2 Å². The predicted molar refractivity (Wildman–Crippen MR) is 238 cm³/mol. The van der Waals surface area contributed by atoms with Crippen LogP contribution in [0.4, 0.5) is 0 Å². The summed E-state index contributed by atoms with van der Waals surface area (Å²) in [6, 6.07) is 60.3. The third kappa shape index (κ3) is 6.58. The largest absolute Gasteiger partial charge is 0.208 e. The van der Waals surface area contributed by atoms with E-state index in [0.29, 0.717) is 40.9 Å². The van der Waals surface area contributed by atoms with Gasteiger partial charge in [-0.05, 0) is 64.1 Å². The highest BCUT2D eigenvalue weighted by molar-refractivity contribution is 6.03. The highest BCUT2D eigenvalue weighted by Gasteiger charge is 2.33. The number of rotatable bonds is 8. The van der Waals surface area contributed by atoms with Crippen LogP contribution >= 0.6 is 0 Å².